The third-order valence-corrected chi connectivity index (χ3v) is 5.14. The molecule has 1 atom stereocenters. The molecule has 0 aromatic heterocycles. The quantitative estimate of drug-likeness (QED) is 0.849. The van der Waals surface area contributed by atoms with Crippen LogP contribution in [0.3, 0.4) is 0 Å². The van der Waals surface area contributed by atoms with Gasteiger partial charge in [0.05, 0.1) is 6.04 Å². The topological polar surface area (TPSA) is 23.6 Å². The van der Waals surface area contributed by atoms with E-state index in [0.717, 1.165) is 39.0 Å². The molecule has 2 aliphatic heterocycles. The Bertz CT molecular complexity index is 465. The normalized spacial score (nSPS) is 23.9. The molecule has 21 heavy (non-hydrogen) atoms. The minimum atomic E-state index is 0.328. The molecule has 2 aliphatic rings. The van der Waals surface area contributed by atoms with Gasteiger partial charge in [-0.1, -0.05) is 37.3 Å². The number of carbonyl (C=O) groups is 1. The number of piperidine rings is 1. The first-order chi connectivity index (χ1) is 10.3. The van der Waals surface area contributed by atoms with Crippen LogP contribution < -0.4 is 0 Å². The average molecular weight is 286 g/mol. The fraction of sp³-hybridized carbons (Fsp3) is 0.611. The van der Waals surface area contributed by atoms with Crippen molar-refractivity contribution >= 4 is 5.91 Å². The zero-order chi connectivity index (χ0) is 14.7. The van der Waals surface area contributed by atoms with Gasteiger partial charge in [0.2, 0.25) is 5.91 Å². The maximum atomic E-state index is 12.5. The average Bonchev–Trinajstić information content (AvgIpc) is 2.48. The standard InChI is InChI=1S/C18H26N2O/c1-2-19-11-8-15(9-12-19)14-18(21)20-13-10-17(20)16-6-4-3-5-7-16/h3-7,15,17H,2,8-14H2,1H3. The van der Waals surface area contributed by atoms with Gasteiger partial charge in [-0.2, -0.15) is 0 Å². The van der Waals surface area contributed by atoms with Crippen LogP contribution in [-0.4, -0.2) is 41.9 Å². The number of hydrogen-bond acceptors (Lipinski definition) is 2. The van der Waals surface area contributed by atoms with Crippen molar-refractivity contribution in [3.63, 3.8) is 0 Å². The van der Waals surface area contributed by atoms with Crippen LogP contribution in [0.1, 0.15) is 44.2 Å². The minimum absolute atomic E-state index is 0.328. The Morgan fingerprint density at radius 2 is 1.81 bits per heavy atom. The van der Waals surface area contributed by atoms with Crippen molar-refractivity contribution < 1.29 is 4.79 Å². The minimum Gasteiger partial charge on any atom is -0.335 e. The van der Waals surface area contributed by atoms with Crippen molar-refractivity contribution in [2.45, 2.75) is 38.6 Å². The lowest BCUT2D eigenvalue weighted by molar-refractivity contribution is -0.140. The molecule has 0 radical (unpaired) electrons. The van der Waals surface area contributed by atoms with E-state index in [0.29, 0.717) is 17.9 Å². The zero-order valence-corrected chi connectivity index (χ0v) is 13.0. The Labute approximate surface area is 127 Å². The Hall–Kier alpha value is -1.35. The molecule has 0 spiro atoms. The smallest absolute Gasteiger partial charge is 0.223 e. The van der Waals surface area contributed by atoms with Gasteiger partial charge in [0.25, 0.3) is 0 Å². The molecule has 1 amide bonds. The highest BCUT2D eigenvalue weighted by molar-refractivity contribution is 5.77. The molecular weight excluding hydrogens is 260 g/mol. The van der Waals surface area contributed by atoms with Gasteiger partial charge >= 0.3 is 0 Å². The Balaban J connectivity index is 1.52. The molecular formula is C18H26N2O. The second kappa shape index (κ2) is 6.61. The molecule has 0 bridgehead atoms. The molecule has 3 heteroatoms. The van der Waals surface area contributed by atoms with Crippen molar-refractivity contribution in [2.75, 3.05) is 26.2 Å². The maximum Gasteiger partial charge on any atom is 0.223 e. The summed E-state index contributed by atoms with van der Waals surface area (Å²) in [5.41, 5.74) is 1.29. The molecule has 2 heterocycles. The van der Waals surface area contributed by atoms with Crippen LogP contribution in [0.5, 0.6) is 0 Å². The molecule has 2 saturated heterocycles. The van der Waals surface area contributed by atoms with Crippen LogP contribution in [0.15, 0.2) is 30.3 Å². The summed E-state index contributed by atoms with van der Waals surface area (Å²) >= 11 is 0. The number of benzene rings is 1. The van der Waals surface area contributed by atoms with E-state index < -0.39 is 0 Å². The number of amides is 1. The van der Waals surface area contributed by atoms with Crippen LogP contribution in [0, 0.1) is 5.92 Å². The van der Waals surface area contributed by atoms with E-state index in [4.69, 9.17) is 0 Å². The fourth-order valence-corrected chi connectivity index (χ4v) is 3.58. The number of hydrogen-bond donors (Lipinski definition) is 0. The highest BCUT2D eigenvalue weighted by Crippen LogP contribution is 2.34. The van der Waals surface area contributed by atoms with Crippen molar-refractivity contribution in [1.82, 2.24) is 9.80 Å². The van der Waals surface area contributed by atoms with Crippen LogP contribution >= 0.6 is 0 Å². The molecule has 3 nitrogen and oxygen atoms in total. The van der Waals surface area contributed by atoms with Crippen molar-refractivity contribution in [3.05, 3.63) is 35.9 Å². The lowest BCUT2D eigenvalue weighted by atomic mass is 9.90. The summed E-state index contributed by atoms with van der Waals surface area (Å²) in [5, 5.41) is 0. The molecule has 114 valence electrons. The van der Waals surface area contributed by atoms with Gasteiger partial charge in [0.15, 0.2) is 0 Å². The van der Waals surface area contributed by atoms with E-state index in [1.165, 1.54) is 18.4 Å². The number of likely N-dealkylation sites (tertiary alicyclic amines) is 2. The highest BCUT2D eigenvalue weighted by Gasteiger charge is 2.34. The van der Waals surface area contributed by atoms with Gasteiger partial charge in [-0.15, -0.1) is 0 Å². The van der Waals surface area contributed by atoms with Gasteiger partial charge in [-0.3, -0.25) is 4.79 Å². The van der Waals surface area contributed by atoms with Crippen LogP contribution in [0.4, 0.5) is 0 Å². The second-order valence-electron chi connectivity index (χ2n) is 6.38. The molecule has 0 N–H and O–H groups in total. The SMILES string of the molecule is CCN1CCC(CC(=O)N2CCC2c2ccccc2)CC1. The lowest BCUT2D eigenvalue weighted by Crippen LogP contribution is -2.46. The van der Waals surface area contributed by atoms with Gasteiger partial charge in [-0.25, -0.2) is 0 Å². The van der Waals surface area contributed by atoms with Crippen molar-refractivity contribution in [2.24, 2.45) is 5.92 Å². The summed E-state index contributed by atoms with van der Waals surface area (Å²) in [5.74, 6) is 0.961. The van der Waals surface area contributed by atoms with E-state index in [2.05, 4.69) is 41.0 Å². The molecule has 3 rings (SSSR count). The fourth-order valence-electron chi connectivity index (χ4n) is 3.58. The summed E-state index contributed by atoms with van der Waals surface area (Å²) < 4.78 is 0. The van der Waals surface area contributed by atoms with Crippen LogP contribution in [0.2, 0.25) is 0 Å². The molecule has 0 saturated carbocycles. The van der Waals surface area contributed by atoms with Crippen molar-refractivity contribution in [3.8, 4) is 0 Å². The van der Waals surface area contributed by atoms with E-state index in [1.54, 1.807) is 0 Å². The van der Waals surface area contributed by atoms with Gasteiger partial charge < -0.3 is 9.80 Å². The second-order valence-corrected chi connectivity index (χ2v) is 6.38. The molecule has 1 aromatic rings. The third-order valence-electron chi connectivity index (χ3n) is 5.14. The number of carbonyl (C=O) groups excluding carboxylic acids is 1. The van der Waals surface area contributed by atoms with E-state index in [9.17, 15) is 4.79 Å². The monoisotopic (exact) mass is 286 g/mol. The van der Waals surface area contributed by atoms with Crippen molar-refractivity contribution in [1.29, 1.82) is 0 Å². The van der Waals surface area contributed by atoms with Gasteiger partial charge in [0, 0.05) is 13.0 Å². The molecule has 0 aliphatic carbocycles. The predicted molar refractivity (Wildman–Crippen MR) is 85.0 cm³/mol. The molecule has 1 aromatic carbocycles. The van der Waals surface area contributed by atoms with Crippen LogP contribution in [-0.2, 0) is 4.79 Å². The summed E-state index contributed by atoms with van der Waals surface area (Å²) in [4.78, 5) is 17.1. The zero-order valence-electron chi connectivity index (χ0n) is 13.0. The lowest BCUT2D eigenvalue weighted by Gasteiger charge is -2.42. The first-order valence-electron chi connectivity index (χ1n) is 8.34. The Kier molecular flexibility index (Phi) is 4.59. The van der Waals surface area contributed by atoms with Gasteiger partial charge in [-0.05, 0) is 50.4 Å². The summed E-state index contributed by atoms with van der Waals surface area (Å²) in [7, 11) is 0. The summed E-state index contributed by atoms with van der Waals surface area (Å²) in [6, 6.07) is 10.8. The molecule has 1 unspecified atom stereocenters. The summed E-state index contributed by atoms with van der Waals surface area (Å²) in [6.07, 6.45) is 4.23. The number of nitrogens with zero attached hydrogens (tertiary/aromatic N) is 2. The number of rotatable bonds is 4. The van der Waals surface area contributed by atoms with E-state index >= 15 is 0 Å². The Morgan fingerprint density at radius 3 is 2.38 bits per heavy atom. The van der Waals surface area contributed by atoms with Crippen LogP contribution in [0.25, 0.3) is 0 Å². The highest BCUT2D eigenvalue weighted by atomic mass is 16.2. The maximum absolute atomic E-state index is 12.5. The first-order valence-corrected chi connectivity index (χ1v) is 8.34. The van der Waals surface area contributed by atoms with E-state index in [-0.39, 0.29) is 0 Å². The molecule has 2 fully saturated rings. The predicted octanol–water partition coefficient (Wildman–Crippen LogP) is 3.08. The first kappa shape index (κ1) is 14.6. The van der Waals surface area contributed by atoms with E-state index in [1.807, 2.05) is 6.07 Å². The summed E-state index contributed by atoms with van der Waals surface area (Å²) in [6.45, 7) is 6.62. The third kappa shape index (κ3) is 3.29. The Morgan fingerprint density at radius 1 is 1.10 bits per heavy atom. The van der Waals surface area contributed by atoms with Gasteiger partial charge in [0.1, 0.15) is 0 Å². The largest absolute Gasteiger partial charge is 0.335 e.